The lowest BCUT2D eigenvalue weighted by Gasteiger charge is -2.10. The van der Waals surface area contributed by atoms with Crippen LogP contribution in [0.2, 0.25) is 0 Å². The Labute approximate surface area is 125 Å². The molecule has 2 rings (SSSR count). The number of hydrogen-bond donors (Lipinski definition) is 2. The molecule has 1 aliphatic rings. The summed E-state index contributed by atoms with van der Waals surface area (Å²) in [5.74, 6) is 1.01. The summed E-state index contributed by atoms with van der Waals surface area (Å²) in [7, 11) is 0. The van der Waals surface area contributed by atoms with E-state index in [1.807, 2.05) is 19.1 Å². The van der Waals surface area contributed by atoms with Crippen molar-refractivity contribution in [1.29, 1.82) is 0 Å². The molecule has 1 heterocycles. The van der Waals surface area contributed by atoms with Gasteiger partial charge >= 0.3 is 6.09 Å². The van der Waals surface area contributed by atoms with Crippen LogP contribution in [0.15, 0.2) is 18.2 Å². The molecule has 5 heteroatoms. The molecule has 1 amide bonds. The SMILES string of the molecule is CCCCOC(=O)Nc1cccc(CC2CCC(O)C2)n1. The molecule has 0 aliphatic heterocycles. The number of pyridine rings is 1. The lowest BCUT2D eigenvalue weighted by molar-refractivity contribution is 0.160. The van der Waals surface area contributed by atoms with E-state index in [0.29, 0.717) is 18.3 Å². The Morgan fingerprint density at radius 2 is 2.33 bits per heavy atom. The molecule has 0 aromatic carbocycles. The third kappa shape index (κ3) is 5.34. The molecule has 2 atom stereocenters. The average Bonchev–Trinajstić information content (AvgIpc) is 2.85. The predicted octanol–water partition coefficient (Wildman–Crippen LogP) is 3.13. The lowest BCUT2D eigenvalue weighted by atomic mass is 10.0. The molecule has 1 aliphatic carbocycles. The Bertz CT molecular complexity index is 465. The van der Waals surface area contributed by atoms with E-state index in [4.69, 9.17) is 4.74 Å². The molecule has 0 radical (unpaired) electrons. The van der Waals surface area contributed by atoms with Gasteiger partial charge in [0.1, 0.15) is 5.82 Å². The number of carbonyl (C=O) groups is 1. The number of carbonyl (C=O) groups excluding carboxylic acids is 1. The van der Waals surface area contributed by atoms with Gasteiger partial charge in [0.25, 0.3) is 0 Å². The number of nitrogens with one attached hydrogen (secondary N) is 1. The number of unbranched alkanes of at least 4 members (excludes halogenated alkanes) is 1. The lowest BCUT2D eigenvalue weighted by Crippen LogP contribution is -2.15. The van der Waals surface area contributed by atoms with Crippen LogP contribution in [0.3, 0.4) is 0 Å². The molecule has 21 heavy (non-hydrogen) atoms. The van der Waals surface area contributed by atoms with Gasteiger partial charge in [0.05, 0.1) is 12.7 Å². The van der Waals surface area contributed by atoms with E-state index in [1.54, 1.807) is 6.07 Å². The molecule has 116 valence electrons. The Morgan fingerprint density at radius 3 is 3.05 bits per heavy atom. The minimum atomic E-state index is -0.454. The number of aromatic nitrogens is 1. The molecule has 1 aromatic heterocycles. The van der Waals surface area contributed by atoms with E-state index in [9.17, 15) is 9.90 Å². The molecule has 0 bridgehead atoms. The zero-order chi connectivity index (χ0) is 15.1. The molecular formula is C16H24N2O3. The van der Waals surface area contributed by atoms with Crippen molar-refractivity contribution in [2.24, 2.45) is 5.92 Å². The summed E-state index contributed by atoms with van der Waals surface area (Å²) in [4.78, 5) is 16.0. The van der Waals surface area contributed by atoms with Crippen LogP contribution in [-0.4, -0.2) is 28.9 Å². The summed E-state index contributed by atoms with van der Waals surface area (Å²) in [6, 6.07) is 5.60. The number of ether oxygens (including phenoxy) is 1. The van der Waals surface area contributed by atoms with Crippen molar-refractivity contribution in [2.45, 2.75) is 51.6 Å². The van der Waals surface area contributed by atoms with Gasteiger partial charge in [0.15, 0.2) is 0 Å². The second kappa shape index (κ2) is 7.98. The van der Waals surface area contributed by atoms with Crippen molar-refractivity contribution < 1.29 is 14.6 Å². The Morgan fingerprint density at radius 1 is 1.48 bits per heavy atom. The number of aliphatic hydroxyl groups is 1. The third-order valence-electron chi connectivity index (χ3n) is 3.78. The van der Waals surface area contributed by atoms with E-state index in [1.165, 1.54) is 0 Å². The maximum Gasteiger partial charge on any atom is 0.412 e. The van der Waals surface area contributed by atoms with Crippen molar-refractivity contribution in [3.8, 4) is 0 Å². The number of amides is 1. The van der Waals surface area contributed by atoms with Crippen LogP contribution in [-0.2, 0) is 11.2 Å². The highest BCUT2D eigenvalue weighted by atomic mass is 16.5. The van der Waals surface area contributed by atoms with Crippen LogP contribution in [0.25, 0.3) is 0 Å². The normalized spacial score (nSPS) is 21.2. The first-order chi connectivity index (χ1) is 10.2. The fraction of sp³-hybridized carbons (Fsp3) is 0.625. The van der Waals surface area contributed by atoms with Gasteiger partial charge in [-0.25, -0.2) is 9.78 Å². The largest absolute Gasteiger partial charge is 0.449 e. The minimum absolute atomic E-state index is 0.162. The zero-order valence-electron chi connectivity index (χ0n) is 12.5. The summed E-state index contributed by atoms with van der Waals surface area (Å²) in [6.07, 6.45) is 4.86. The highest BCUT2D eigenvalue weighted by Crippen LogP contribution is 2.28. The maximum absolute atomic E-state index is 11.6. The molecule has 1 saturated carbocycles. The van der Waals surface area contributed by atoms with Crippen molar-refractivity contribution in [3.63, 3.8) is 0 Å². The van der Waals surface area contributed by atoms with Crippen molar-refractivity contribution >= 4 is 11.9 Å². The van der Waals surface area contributed by atoms with E-state index < -0.39 is 6.09 Å². The van der Waals surface area contributed by atoms with Crippen molar-refractivity contribution in [1.82, 2.24) is 4.98 Å². The Kier molecular flexibility index (Phi) is 5.99. The Balaban J connectivity index is 1.84. The number of hydrogen-bond acceptors (Lipinski definition) is 4. The van der Waals surface area contributed by atoms with Crippen LogP contribution in [0, 0.1) is 5.92 Å². The van der Waals surface area contributed by atoms with Gasteiger partial charge in [0.2, 0.25) is 0 Å². The fourth-order valence-electron chi connectivity index (χ4n) is 2.64. The summed E-state index contributed by atoms with van der Waals surface area (Å²) in [5.41, 5.74) is 0.945. The van der Waals surface area contributed by atoms with Gasteiger partial charge in [-0.15, -0.1) is 0 Å². The summed E-state index contributed by atoms with van der Waals surface area (Å²) in [5, 5.41) is 12.2. The molecule has 5 nitrogen and oxygen atoms in total. The number of anilines is 1. The highest BCUT2D eigenvalue weighted by molar-refractivity contribution is 5.83. The molecule has 2 unspecified atom stereocenters. The number of rotatable bonds is 6. The number of nitrogens with zero attached hydrogens (tertiary/aromatic N) is 1. The molecule has 0 spiro atoms. The van der Waals surface area contributed by atoms with Crippen LogP contribution in [0.1, 0.15) is 44.7 Å². The second-order valence-corrected chi connectivity index (χ2v) is 5.67. The van der Waals surface area contributed by atoms with Gasteiger partial charge < -0.3 is 9.84 Å². The van der Waals surface area contributed by atoms with Gasteiger partial charge in [0, 0.05) is 5.69 Å². The molecule has 0 saturated heterocycles. The van der Waals surface area contributed by atoms with Gasteiger partial charge in [-0.1, -0.05) is 19.4 Å². The monoisotopic (exact) mass is 292 g/mol. The highest BCUT2D eigenvalue weighted by Gasteiger charge is 2.23. The van der Waals surface area contributed by atoms with Crippen LogP contribution < -0.4 is 5.32 Å². The quantitative estimate of drug-likeness (QED) is 0.790. The zero-order valence-corrected chi connectivity index (χ0v) is 12.5. The minimum Gasteiger partial charge on any atom is -0.449 e. The first-order valence-corrected chi connectivity index (χ1v) is 7.75. The number of aliphatic hydroxyl groups excluding tert-OH is 1. The van der Waals surface area contributed by atoms with Crippen LogP contribution in [0.5, 0.6) is 0 Å². The fourth-order valence-corrected chi connectivity index (χ4v) is 2.64. The van der Waals surface area contributed by atoms with Crippen molar-refractivity contribution in [3.05, 3.63) is 23.9 Å². The summed E-state index contributed by atoms with van der Waals surface area (Å²) >= 11 is 0. The van der Waals surface area contributed by atoms with E-state index in [2.05, 4.69) is 10.3 Å². The van der Waals surface area contributed by atoms with Crippen LogP contribution in [0.4, 0.5) is 10.6 Å². The smallest absolute Gasteiger partial charge is 0.412 e. The van der Waals surface area contributed by atoms with Crippen molar-refractivity contribution in [2.75, 3.05) is 11.9 Å². The van der Waals surface area contributed by atoms with E-state index in [-0.39, 0.29) is 6.10 Å². The van der Waals surface area contributed by atoms with Gasteiger partial charge in [-0.2, -0.15) is 0 Å². The molecule has 1 aromatic rings. The third-order valence-corrected chi connectivity index (χ3v) is 3.78. The summed E-state index contributed by atoms with van der Waals surface area (Å²) < 4.78 is 5.05. The van der Waals surface area contributed by atoms with E-state index >= 15 is 0 Å². The predicted molar refractivity (Wildman–Crippen MR) is 81.2 cm³/mol. The molecule has 1 fully saturated rings. The first kappa shape index (κ1) is 15.8. The molecule has 2 N–H and O–H groups in total. The van der Waals surface area contributed by atoms with Gasteiger partial charge in [-0.3, -0.25) is 5.32 Å². The second-order valence-electron chi connectivity index (χ2n) is 5.67. The van der Waals surface area contributed by atoms with Crippen LogP contribution >= 0.6 is 0 Å². The Hall–Kier alpha value is -1.62. The van der Waals surface area contributed by atoms with E-state index in [0.717, 1.165) is 44.2 Å². The average molecular weight is 292 g/mol. The van der Waals surface area contributed by atoms with Gasteiger partial charge in [-0.05, 0) is 50.2 Å². The standard InChI is InChI=1S/C16H24N2O3/c1-2-3-9-21-16(20)18-15-6-4-5-13(17-15)10-12-7-8-14(19)11-12/h4-6,12,14,19H,2-3,7-11H2,1H3,(H,17,18,20). The summed E-state index contributed by atoms with van der Waals surface area (Å²) in [6.45, 7) is 2.48. The topological polar surface area (TPSA) is 71.5 Å². The first-order valence-electron chi connectivity index (χ1n) is 7.75. The molecular weight excluding hydrogens is 268 g/mol. The maximum atomic E-state index is 11.6.